The first-order valence-electron chi connectivity index (χ1n) is 8.82. The van der Waals surface area contributed by atoms with E-state index in [0.717, 1.165) is 11.3 Å². The number of aromatic nitrogens is 1. The SMILES string of the molecule is Cc1cc(NC(=O)COC(=O)[C@H](C)N2C(=O)[C@H]3[C@H](C2=O)[C@H]2C=C[C@H]3C2)no1. The molecule has 3 aliphatic rings. The molecule has 0 unspecified atom stereocenters. The van der Waals surface area contributed by atoms with Crippen LogP contribution in [0.2, 0.25) is 0 Å². The number of likely N-dealkylation sites (tertiary alicyclic amines) is 1. The lowest BCUT2D eigenvalue weighted by molar-refractivity contribution is -0.159. The van der Waals surface area contributed by atoms with Crippen molar-refractivity contribution in [3.63, 3.8) is 0 Å². The Morgan fingerprint density at radius 1 is 1.30 bits per heavy atom. The van der Waals surface area contributed by atoms with Crippen LogP contribution in [0.3, 0.4) is 0 Å². The van der Waals surface area contributed by atoms with E-state index in [0.29, 0.717) is 5.76 Å². The summed E-state index contributed by atoms with van der Waals surface area (Å²) in [5.74, 6) is -1.92. The van der Waals surface area contributed by atoms with Crippen molar-refractivity contribution < 1.29 is 28.4 Å². The number of allylic oxidation sites excluding steroid dienone is 2. The van der Waals surface area contributed by atoms with Gasteiger partial charge in [-0.1, -0.05) is 17.3 Å². The highest BCUT2D eigenvalue weighted by atomic mass is 16.5. The predicted octanol–water partition coefficient (Wildman–Crippen LogP) is 0.660. The number of esters is 1. The lowest BCUT2D eigenvalue weighted by Gasteiger charge is -2.22. The molecule has 0 radical (unpaired) electrons. The topological polar surface area (TPSA) is 119 Å². The van der Waals surface area contributed by atoms with Gasteiger partial charge in [0.05, 0.1) is 11.8 Å². The van der Waals surface area contributed by atoms with Crippen molar-refractivity contribution in [2.24, 2.45) is 23.7 Å². The highest BCUT2D eigenvalue weighted by molar-refractivity contribution is 6.09. The van der Waals surface area contributed by atoms with Gasteiger partial charge in [-0.25, -0.2) is 4.79 Å². The monoisotopic (exact) mass is 373 g/mol. The number of aryl methyl sites for hydroxylation is 1. The van der Waals surface area contributed by atoms with Crippen molar-refractivity contribution in [1.82, 2.24) is 10.1 Å². The van der Waals surface area contributed by atoms with Crippen LogP contribution in [0.15, 0.2) is 22.7 Å². The quantitative estimate of drug-likeness (QED) is 0.457. The molecule has 0 spiro atoms. The second-order valence-electron chi connectivity index (χ2n) is 7.20. The fourth-order valence-corrected chi connectivity index (χ4v) is 4.27. The maximum Gasteiger partial charge on any atom is 0.329 e. The van der Waals surface area contributed by atoms with Gasteiger partial charge in [0.15, 0.2) is 12.4 Å². The number of amides is 3. The Kier molecular flexibility index (Phi) is 4.09. The number of nitrogens with zero attached hydrogens (tertiary/aromatic N) is 2. The molecule has 3 amide bonds. The Morgan fingerprint density at radius 2 is 1.93 bits per heavy atom. The lowest BCUT2D eigenvalue weighted by Crippen LogP contribution is -2.45. The summed E-state index contributed by atoms with van der Waals surface area (Å²) in [4.78, 5) is 50.5. The molecule has 9 heteroatoms. The Balaban J connectivity index is 1.35. The zero-order valence-corrected chi connectivity index (χ0v) is 14.9. The zero-order chi connectivity index (χ0) is 19.3. The van der Waals surface area contributed by atoms with Crippen LogP contribution >= 0.6 is 0 Å². The van der Waals surface area contributed by atoms with Crippen LogP contribution in [0, 0.1) is 30.6 Å². The third-order valence-corrected chi connectivity index (χ3v) is 5.47. The van der Waals surface area contributed by atoms with E-state index in [4.69, 9.17) is 9.26 Å². The van der Waals surface area contributed by atoms with E-state index in [-0.39, 0.29) is 41.3 Å². The summed E-state index contributed by atoms with van der Waals surface area (Å²) in [5, 5.41) is 6.02. The molecule has 5 atom stereocenters. The smallest absolute Gasteiger partial charge is 0.329 e. The van der Waals surface area contributed by atoms with Crippen LogP contribution in [0.5, 0.6) is 0 Å². The lowest BCUT2D eigenvalue weighted by atomic mass is 9.85. The van der Waals surface area contributed by atoms with Gasteiger partial charge in [-0.3, -0.25) is 19.3 Å². The highest BCUT2D eigenvalue weighted by Crippen LogP contribution is 2.52. The molecular formula is C18H19N3O6. The van der Waals surface area contributed by atoms with E-state index in [2.05, 4.69) is 10.5 Å². The van der Waals surface area contributed by atoms with Crippen molar-refractivity contribution in [3.05, 3.63) is 24.0 Å². The van der Waals surface area contributed by atoms with Crippen LogP contribution < -0.4 is 5.32 Å². The minimum Gasteiger partial charge on any atom is -0.454 e. The number of imide groups is 1. The molecule has 0 aromatic carbocycles. The maximum atomic E-state index is 12.7. The minimum absolute atomic E-state index is 0.0707. The van der Waals surface area contributed by atoms with Gasteiger partial charge in [0.2, 0.25) is 11.8 Å². The van der Waals surface area contributed by atoms with Gasteiger partial charge in [0.25, 0.3) is 5.91 Å². The summed E-state index contributed by atoms with van der Waals surface area (Å²) in [6.45, 7) is 2.56. The first-order chi connectivity index (χ1) is 12.9. The van der Waals surface area contributed by atoms with Crippen molar-refractivity contribution >= 4 is 29.5 Å². The van der Waals surface area contributed by atoms with Crippen LogP contribution in [0.1, 0.15) is 19.1 Å². The van der Waals surface area contributed by atoms with Crippen molar-refractivity contribution in [3.8, 4) is 0 Å². The molecule has 2 aliphatic carbocycles. The average molecular weight is 373 g/mol. The van der Waals surface area contributed by atoms with Gasteiger partial charge in [-0.15, -0.1) is 0 Å². The predicted molar refractivity (Wildman–Crippen MR) is 89.9 cm³/mol. The molecular weight excluding hydrogens is 354 g/mol. The molecule has 1 saturated carbocycles. The van der Waals surface area contributed by atoms with Crippen molar-refractivity contribution in [1.29, 1.82) is 0 Å². The standard InChI is InChI=1S/C18H19N3O6/c1-8-5-12(20-27-8)19-13(22)7-26-18(25)9(2)21-16(23)14-10-3-4-11(6-10)15(14)17(21)24/h3-5,9-11,14-15H,6-7H2,1-2H3,(H,19,20,22)/t9-,10-,11-,14+,15+/m0/s1. The minimum atomic E-state index is -1.07. The van der Waals surface area contributed by atoms with E-state index in [1.807, 2.05) is 12.2 Å². The molecule has 9 nitrogen and oxygen atoms in total. The number of anilines is 1. The summed E-state index contributed by atoms with van der Waals surface area (Å²) in [6, 6.07) is 0.447. The molecule has 142 valence electrons. The summed E-state index contributed by atoms with van der Waals surface area (Å²) < 4.78 is 9.79. The largest absolute Gasteiger partial charge is 0.454 e. The third-order valence-electron chi connectivity index (χ3n) is 5.47. The van der Waals surface area contributed by atoms with E-state index in [1.165, 1.54) is 13.0 Å². The molecule has 27 heavy (non-hydrogen) atoms. The first kappa shape index (κ1) is 17.4. The number of carbonyl (C=O) groups is 4. The Hall–Kier alpha value is -2.97. The van der Waals surface area contributed by atoms with Gasteiger partial charge < -0.3 is 14.6 Å². The number of nitrogens with one attached hydrogen (secondary N) is 1. The van der Waals surface area contributed by atoms with Gasteiger partial charge in [-0.05, 0) is 32.1 Å². The van der Waals surface area contributed by atoms with Crippen LogP contribution in [0.25, 0.3) is 0 Å². The first-order valence-corrected chi connectivity index (χ1v) is 8.82. The molecule has 4 rings (SSSR count). The number of fused-ring (bicyclic) bond motifs is 5. The fraction of sp³-hybridized carbons (Fsp3) is 0.500. The molecule has 2 bridgehead atoms. The third kappa shape index (κ3) is 2.83. The van der Waals surface area contributed by atoms with Crippen LogP contribution in [-0.4, -0.2) is 46.4 Å². The van der Waals surface area contributed by atoms with E-state index in [1.54, 1.807) is 6.92 Å². The summed E-state index contributed by atoms with van der Waals surface area (Å²) in [6.07, 6.45) is 4.79. The molecule has 1 aliphatic heterocycles. The van der Waals surface area contributed by atoms with Gasteiger partial charge >= 0.3 is 5.97 Å². The van der Waals surface area contributed by atoms with E-state index >= 15 is 0 Å². The number of ether oxygens (including phenoxy) is 1. The normalized spacial score (nSPS) is 29.2. The number of hydrogen-bond donors (Lipinski definition) is 1. The van der Waals surface area contributed by atoms with Gasteiger partial charge in [0, 0.05) is 6.07 Å². The molecule has 1 aromatic rings. The van der Waals surface area contributed by atoms with Crippen LogP contribution in [-0.2, 0) is 23.9 Å². The molecule has 1 saturated heterocycles. The second-order valence-corrected chi connectivity index (χ2v) is 7.20. The number of carbonyl (C=O) groups excluding carboxylic acids is 4. The number of rotatable bonds is 5. The highest BCUT2D eigenvalue weighted by Gasteiger charge is 2.60. The van der Waals surface area contributed by atoms with Gasteiger partial charge in [0.1, 0.15) is 11.8 Å². The summed E-state index contributed by atoms with van der Waals surface area (Å²) >= 11 is 0. The fourth-order valence-electron chi connectivity index (χ4n) is 4.27. The van der Waals surface area contributed by atoms with Crippen LogP contribution in [0.4, 0.5) is 5.82 Å². The molecule has 1 aromatic heterocycles. The Morgan fingerprint density at radius 3 is 2.48 bits per heavy atom. The van der Waals surface area contributed by atoms with Crippen molar-refractivity contribution in [2.45, 2.75) is 26.3 Å². The molecule has 1 N–H and O–H groups in total. The van der Waals surface area contributed by atoms with E-state index < -0.39 is 24.5 Å². The Labute approximate surface area is 154 Å². The molecule has 2 heterocycles. The van der Waals surface area contributed by atoms with E-state index in [9.17, 15) is 19.2 Å². The summed E-state index contributed by atoms with van der Waals surface area (Å²) in [5.41, 5.74) is 0. The summed E-state index contributed by atoms with van der Waals surface area (Å²) in [7, 11) is 0. The second kappa shape index (κ2) is 6.33. The van der Waals surface area contributed by atoms with Gasteiger partial charge in [-0.2, -0.15) is 0 Å². The Bertz CT molecular complexity index is 829. The average Bonchev–Trinajstić information content (AvgIpc) is 3.38. The number of hydrogen-bond acceptors (Lipinski definition) is 7. The van der Waals surface area contributed by atoms with Crippen molar-refractivity contribution in [2.75, 3.05) is 11.9 Å². The maximum absolute atomic E-state index is 12.7. The molecule has 2 fully saturated rings. The zero-order valence-electron chi connectivity index (χ0n) is 14.9.